The van der Waals surface area contributed by atoms with Crippen molar-refractivity contribution in [2.24, 2.45) is 0 Å². The molecule has 0 aliphatic heterocycles. The van der Waals surface area contributed by atoms with Crippen LogP contribution in [0.4, 0.5) is 5.69 Å². The number of carbonyl (C=O) groups is 1. The van der Waals surface area contributed by atoms with Gasteiger partial charge >= 0.3 is 0 Å². The molecule has 1 heterocycles. The van der Waals surface area contributed by atoms with E-state index in [1.807, 2.05) is 32.9 Å². The summed E-state index contributed by atoms with van der Waals surface area (Å²) in [6.07, 6.45) is 0.386. The third-order valence-corrected chi connectivity index (χ3v) is 4.22. The number of aliphatic hydroxyl groups excluding tert-OH is 1. The van der Waals surface area contributed by atoms with Gasteiger partial charge in [-0.15, -0.1) is 0 Å². The Morgan fingerprint density at radius 3 is 2.56 bits per heavy atom. The first-order chi connectivity index (χ1) is 12.0. The topological polar surface area (TPSA) is 67.2 Å². The van der Waals surface area contributed by atoms with Crippen LogP contribution in [0.25, 0.3) is 5.69 Å². The normalized spacial score (nSPS) is 12.0. The number of hydrogen-bond donors (Lipinski definition) is 2. The zero-order valence-corrected chi connectivity index (χ0v) is 14.5. The largest absolute Gasteiger partial charge is 0.378 e. The highest BCUT2D eigenvalue weighted by atomic mass is 16.3. The Hall–Kier alpha value is -2.92. The Labute approximate surface area is 146 Å². The second-order valence-electron chi connectivity index (χ2n) is 6.15. The Kier molecular flexibility index (Phi) is 4.67. The van der Waals surface area contributed by atoms with Gasteiger partial charge in [0.15, 0.2) is 6.10 Å². The second-order valence-corrected chi connectivity index (χ2v) is 6.15. The van der Waals surface area contributed by atoms with E-state index in [2.05, 4.69) is 22.5 Å². The summed E-state index contributed by atoms with van der Waals surface area (Å²) in [7, 11) is 0. The number of nitrogens with zero attached hydrogens (tertiary/aromatic N) is 2. The fraction of sp³-hybridized carbons (Fsp3) is 0.200. The smallest absolute Gasteiger partial charge is 0.257 e. The lowest BCUT2D eigenvalue weighted by Gasteiger charge is -2.12. The lowest BCUT2D eigenvalue weighted by molar-refractivity contribution is -0.124. The molecule has 2 aromatic carbocycles. The zero-order chi connectivity index (χ0) is 18.0. The van der Waals surface area contributed by atoms with Crippen LogP contribution < -0.4 is 5.32 Å². The first-order valence-electron chi connectivity index (χ1n) is 8.13. The minimum Gasteiger partial charge on any atom is -0.378 e. The maximum atomic E-state index is 12.3. The van der Waals surface area contributed by atoms with Crippen LogP contribution in [0.1, 0.15) is 28.5 Å². The van der Waals surface area contributed by atoms with E-state index < -0.39 is 12.0 Å². The molecule has 2 N–H and O–H groups in total. The molecule has 25 heavy (non-hydrogen) atoms. The maximum absolute atomic E-state index is 12.3. The quantitative estimate of drug-likeness (QED) is 0.767. The molecule has 0 radical (unpaired) electrons. The van der Waals surface area contributed by atoms with Crippen LogP contribution >= 0.6 is 0 Å². The number of aromatic nitrogens is 2. The maximum Gasteiger partial charge on any atom is 0.257 e. The number of nitrogens with one attached hydrogen (secondary N) is 1. The molecule has 1 amide bonds. The molecule has 1 atom stereocenters. The van der Waals surface area contributed by atoms with Gasteiger partial charge in [-0.05, 0) is 43.5 Å². The molecule has 5 nitrogen and oxygen atoms in total. The van der Waals surface area contributed by atoms with Crippen molar-refractivity contribution in [3.8, 4) is 5.69 Å². The third kappa shape index (κ3) is 3.46. The number of aryl methyl sites for hydroxylation is 2. The third-order valence-electron chi connectivity index (χ3n) is 4.22. The van der Waals surface area contributed by atoms with Crippen LogP contribution in [0.5, 0.6) is 0 Å². The van der Waals surface area contributed by atoms with E-state index in [4.69, 9.17) is 0 Å². The highest BCUT2D eigenvalue weighted by molar-refractivity contribution is 5.95. The average molecular weight is 335 g/mol. The van der Waals surface area contributed by atoms with E-state index in [0.717, 1.165) is 22.5 Å². The van der Waals surface area contributed by atoms with Crippen molar-refractivity contribution in [2.75, 3.05) is 5.32 Å². The summed E-state index contributed by atoms with van der Waals surface area (Å²) in [5.74, 6) is -0.477. The van der Waals surface area contributed by atoms with E-state index in [9.17, 15) is 9.90 Å². The molecule has 0 spiro atoms. The standard InChI is InChI=1S/C20H21N3O2/c1-13-9-10-14(2)18(11-13)23-15(3)17(12-21-23)22-20(25)19(24)16-7-5-4-6-8-16/h4-12,19,24H,1-3H3,(H,22,25). The summed E-state index contributed by atoms with van der Waals surface area (Å²) in [5.41, 5.74) is 5.16. The fourth-order valence-electron chi connectivity index (χ4n) is 2.71. The molecule has 3 aromatic rings. The van der Waals surface area contributed by atoms with Gasteiger partial charge in [-0.2, -0.15) is 5.10 Å². The zero-order valence-electron chi connectivity index (χ0n) is 14.5. The van der Waals surface area contributed by atoms with Crippen LogP contribution in [0.15, 0.2) is 54.7 Å². The number of aliphatic hydroxyl groups is 1. The molecule has 0 saturated heterocycles. The number of benzene rings is 2. The second kappa shape index (κ2) is 6.91. The monoisotopic (exact) mass is 335 g/mol. The van der Waals surface area contributed by atoms with Crippen molar-refractivity contribution >= 4 is 11.6 Å². The average Bonchev–Trinajstić information content (AvgIpc) is 2.97. The first-order valence-corrected chi connectivity index (χ1v) is 8.13. The number of hydrogen-bond acceptors (Lipinski definition) is 3. The Morgan fingerprint density at radius 2 is 1.84 bits per heavy atom. The molecule has 128 valence electrons. The van der Waals surface area contributed by atoms with Gasteiger partial charge in [0.1, 0.15) is 0 Å². The van der Waals surface area contributed by atoms with Crippen molar-refractivity contribution < 1.29 is 9.90 Å². The molecule has 5 heteroatoms. The molecule has 0 saturated carbocycles. The summed E-state index contributed by atoms with van der Waals surface area (Å²) < 4.78 is 1.80. The van der Waals surface area contributed by atoms with E-state index in [0.29, 0.717) is 11.3 Å². The molecular formula is C20H21N3O2. The SMILES string of the molecule is Cc1ccc(C)c(-n2ncc(NC(=O)C(O)c3ccccc3)c2C)c1. The molecule has 3 rings (SSSR count). The van der Waals surface area contributed by atoms with Crippen LogP contribution in [0.2, 0.25) is 0 Å². The summed E-state index contributed by atoms with van der Waals surface area (Å²) in [6.45, 7) is 5.94. The summed E-state index contributed by atoms with van der Waals surface area (Å²) >= 11 is 0. The number of anilines is 1. The molecule has 1 aromatic heterocycles. The van der Waals surface area contributed by atoms with Crippen molar-refractivity contribution in [1.82, 2.24) is 9.78 Å². The fourth-order valence-corrected chi connectivity index (χ4v) is 2.71. The minimum atomic E-state index is -1.22. The van der Waals surface area contributed by atoms with Gasteiger partial charge in [-0.3, -0.25) is 4.79 Å². The first kappa shape index (κ1) is 16.9. The van der Waals surface area contributed by atoms with Gasteiger partial charge in [-0.1, -0.05) is 42.5 Å². The van der Waals surface area contributed by atoms with Gasteiger partial charge in [0.2, 0.25) is 0 Å². The van der Waals surface area contributed by atoms with Crippen molar-refractivity contribution in [2.45, 2.75) is 26.9 Å². The van der Waals surface area contributed by atoms with Crippen molar-refractivity contribution in [3.63, 3.8) is 0 Å². The molecular weight excluding hydrogens is 314 g/mol. The van der Waals surface area contributed by atoms with Gasteiger partial charge in [0.05, 0.1) is 23.3 Å². The van der Waals surface area contributed by atoms with Crippen molar-refractivity contribution in [1.29, 1.82) is 0 Å². The van der Waals surface area contributed by atoms with Crippen LogP contribution in [-0.2, 0) is 4.79 Å². The minimum absolute atomic E-state index is 0.477. The summed E-state index contributed by atoms with van der Waals surface area (Å²) in [5, 5.41) is 17.4. The number of amides is 1. The van der Waals surface area contributed by atoms with E-state index in [-0.39, 0.29) is 0 Å². The van der Waals surface area contributed by atoms with Gasteiger partial charge in [-0.25, -0.2) is 4.68 Å². The van der Waals surface area contributed by atoms with Gasteiger partial charge < -0.3 is 10.4 Å². The van der Waals surface area contributed by atoms with Gasteiger partial charge in [0, 0.05) is 0 Å². The molecule has 0 fully saturated rings. The van der Waals surface area contributed by atoms with Crippen LogP contribution in [0.3, 0.4) is 0 Å². The van der Waals surface area contributed by atoms with Crippen LogP contribution in [-0.4, -0.2) is 20.8 Å². The van der Waals surface area contributed by atoms with Crippen LogP contribution in [0, 0.1) is 20.8 Å². The van der Waals surface area contributed by atoms with E-state index in [1.165, 1.54) is 0 Å². The van der Waals surface area contributed by atoms with E-state index in [1.54, 1.807) is 35.1 Å². The Bertz CT molecular complexity index is 901. The molecule has 1 unspecified atom stereocenters. The lowest BCUT2D eigenvalue weighted by atomic mass is 10.1. The highest BCUT2D eigenvalue weighted by Crippen LogP contribution is 2.23. The Morgan fingerprint density at radius 1 is 1.12 bits per heavy atom. The van der Waals surface area contributed by atoms with Gasteiger partial charge in [0.25, 0.3) is 5.91 Å². The predicted molar refractivity (Wildman–Crippen MR) is 97.8 cm³/mol. The molecule has 0 aliphatic carbocycles. The van der Waals surface area contributed by atoms with Crippen molar-refractivity contribution in [3.05, 3.63) is 77.1 Å². The number of rotatable bonds is 4. The highest BCUT2D eigenvalue weighted by Gasteiger charge is 2.19. The summed E-state index contributed by atoms with van der Waals surface area (Å²) in [6, 6.07) is 15.0. The lowest BCUT2D eigenvalue weighted by Crippen LogP contribution is -2.21. The summed E-state index contributed by atoms with van der Waals surface area (Å²) in [4.78, 5) is 12.3. The Balaban J connectivity index is 1.84. The molecule has 0 bridgehead atoms. The predicted octanol–water partition coefficient (Wildman–Crippen LogP) is 3.47. The molecule has 0 aliphatic rings. The van der Waals surface area contributed by atoms with E-state index >= 15 is 0 Å². The number of carbonyl (C=O) groups excluding carboxylic acids is 1.